The zero-order valence-electron chi connectivity index (χ0n) is 12.5. The van der Waals surface area contributed by atoms with Gasteiger partial charge in [0.1, 0.15) is 6.54 Å². The lowest BCUT2D eigenvalue weighted by Gasteiger charge is -2.06. The van der Waals surface area contributed by atoms with Crippen LogP contribution in [0.1, 0.15) is 5.01 Å². The van der Waals surface area contributed by atoms with Gasteiger partial charge in [-0.1, -0.05) is 12.1 Å². The maximum Gasteiger partial charge on any atom is 0.244 e. The van der Waals surface area contributed by atoms with E-state index in [1.54, 1.807) is 17.7 Å². The Labute approximate surface area is 136 Å². The summed E-state index contributed by atoms with van der Waals surface area (Å²) in [5, 5.41) is 3.96. The van der Waals surface area contributed by atoms with Gasteiger partial charge in [0.2, 0.25) is 5.91 Å². The molecule has 0 fully saturated rings. The summed E-state index contributed by atoms with van der Waals surface area (Å²) in [4.78, 5) is 21.0. The standard InChI is InChI=1S/C17H14N4OS/c1-11-19-14-7-6-12(8-16(14)23-11)20-17(22)9-21-10-18-13-4-2-3-5-15(13)21/h2-8,10H,9H2,1H3,(H,20,22). The van der Waals surface area contributed by atoms with Gasteiger partial charge in [0, 0.05) is 5.69 Å². The van der Waals surface area contributed by atoms with Crippen LogP contribution in [0.3, 0.4) is 0 Å². The molecule has 0 aliphatic carbocycles. The Balaban J connectivity index is 1.54. The second-order valence-corrected chi connectivity index (χ2v) is 6.56. The zero-order chi connectivity index (χ0) is 15.8. The van der Waals surface area contributed by atoms with Crippen LogP contribution in [-0.2, 0) is 11.3 Å². The third kappa shape index (κ3) is 2.68. The Morgan fingerprint density at radius 3 is 3.00 bits per heavy atom. The van der Waals surface area contributed by atoms with Crippen LogP contribution in [0, 0.1) is 6.92 Å². The zero-order valence-corrected chi connectivity index (χ0v) is 13.3. The van der Waals surface area contributed by atoms with Crippen molar-refractivity contribution in [3.8, 4) is 0 Å². The highest BCUT2D eigenvalue weighted by atomic mass is 32.1. The highest BCUT2D eigenvalue weighted by Gasteiger charge is 2.08. The van der Waals surface area contributed by atoms with Crippen LogP contribution in [0.4, 0.5) is 5.69 Å². The van der Waals surface area contributed by atoms with E-state index in [1.165, 1.54) is 0 Å². The summed E-state index contributed by atoms with van der Waals surface area (Å²) in [6.07, 6.45) is 1.69. The molecule has 2 aromatic heterocycles. The van der Waals surface area contributed by atoms with Crippen molar-refractivity contribution in [1.82, 2.24) is 14.5 Å². The van der Waals surface area contributed by atoms with Gasteiger partial charge in [-0.3, -0.25) is 4.79 Å². The summed E-state index contributed by atoms with van der Waals surface area (Å²) in [7, 11) is 0. The quantitative estimate of drug-likeness (QED) is 0.627. The van der Waals surface area contributed by atoms with Crippen LogP contribution >= 0.6 is 11.3 Å². The number of aryl methyl sites for hydroxylation is 1. The largest absolute Gasteiger partial charge is 0.324 e. The molecule has 0 saturated carbocycles. The number of carbonyl (C=O) groups is 1. The first-order chi connectivity index (χ1) is 11.2. The number of amides is 1. The average Bonchev–Trinajstić information content (AvgIpc) is 3.10. The monoisotopic (exact) mass is 322 g/mol. The van der Waals surface area contributed by atoms with E-state index in [2.05, 4.69) is 15.3 Å². The molecule has 4 rings (SSSR count). The Bertz CT molecular complexity index is 1020. The fraction of sp³-hybridized carbons (Fsp3) is 0.118. The molecule has 4 aromatic rings. The van der Waals surface area contributed by atoms with E-state index in [9.17, 15) is 4.79 Å². The van der Waals surface area contributed by atoms with Crippen molar-refractivity contribution in [2.75, 3.05) is 5.32 Å². The van der Waals surface area contributed by atoms with Crippen LogP contribution in [0.2, 0.25) is 0 Å². The van der Waals surface area contributed by atoms with Gasteiger partial charge in [-0.15, -0.1) is 11.3 Å². The fourth-order valence-corrected chi connectivity index (χ4v) is 3.48. The SMILES string of the molecule is Cc1nc2ccc(NC(=O)Cn3cnc4ccccc43)cc2s1. The number of nitrogens with one attached hydrogen (secondary N) is 1. The van der Waals surface area contributed by atoms with E-state index in [0.29, 0.717) is 0 Å². The van der Waals surface area contributed by atoms with Gasteiger partial charge < -0.3 is 9.88 Å². The summed E-state index contributed by atoms with van der Waals surface area (Å²) in [6.45, 7) is 2.22. The predicted octanol–water partition coefficient (Wildman–Crippen LogP) is 3.59. The third-order valence-electron chi connectivity index (χ3n) is 3.62. The Kier molecular flexibility index (Phi) is 3.31. The molecule has 0 atom stereocenters. The van der Waals surface area contributed by atoms with E-state index in [1.807, 2.05) is 54.0 Å². The molecular weight excluding hydrogens is 308 g/mol. The molecule has 0 saturated heterocycles. The fourth-order valence-electron chi connectivity index (χ4n) is 2.61. The summed E-state index contributed by atoms with van der Waals surface area (Å²) < 4.78 is 2.92. The van der Waals surface area contributed by atoms with Gasteiger partial charge in [0.15, 0.2) is 0 Å². The van der Waals surface area contributed by atoms with Gasteiger partial charge in [0.25, 0.3) is 0 Å². The second-order valence-electron chi connectivity index (χ2n) is 5.32. The molecule has 0 aliphatic heterocycles. The third-order valence-corrected chi connectivity index (χ3v) is 4.55. The number of anilines is 1. The van der Waals surface area contributed by atoms with Crippen LogP contribution < -0.4 is 5.32 Å². The van der Waals surface area contributed by atoms with E-state index in [4.69, 9.17) is 0 Å². The van der Waals surface area contributed by atoms with Crippen LogP contribution in [-0.4, -0.2) is 20.4 Å². The van der Waals surface area contributed by atoms with Crippen molar-refractivity contribution in [2.45, 2.75) is 13.5 Å². The first-order valence-electron chi connectivity index (χ1n) is 7.26. The molecule has 0 unspecified atom stereocenters. The van der Waals surface area contributed by atoms with Gasteiger partial charge in [-0.25, -0.2) is 9.97 Å². The number of imidazole rings is 1. The lowest BCUT2D eigenvalue weighted by atomic mass is 10.3. The molecule has 23 heavy (non-hydrogen) atoms. The van der Waals surface area contributed by atoms with Crippen molar-refractivity contribution in [3.63, 3.8) is 0 Å². The van der Waals surface area contributed by atoms with Gasteiger partial charge in [-0.2, -0.15) is 0 Å². The molecule has 0 bridgehead atoms. The predicted molar refractivity (Wildman–Crippen MR) is 92.7 cm³/mol. The molecule has 2 aromatic carbocycles. The molecule has 1 amide bonds. The molecule has 114 valence electrons. The van der Waals surface area contributed by atoms with E-state index >= 15 is 0 Å². The topological polar surface area (TPSA) is 59.8 Å². The minimum absolute atomic E-state index is 0.0752. The van der Waals surface area contributed by atoms with Crippen LogP contribution in [0.25, 0.3) is 21.3 Å². The van der Waals surface area contributed by atoms with Crippen molar-refractivity contribution in [3.05, 3.63) is 53.8 Å². The van der Waals surface area contributed by atoms with Crippen LogP contribution in [0.5, 0.6) is 0 Å². The number of benzene rings is 2. The van der Waals surface area contributed by atoms with Crippen LogP contribution in [0.15, 0.2) is 48.8 Å². The molecule has 0 spiro atoms. The van der Waals surface area contributed by atoms with Gasteiger partial charge >= 0.3 is 0 Å². The lowest BCUT2D eigenvalue weighted by Crippen LogP contribution is -2.18. The molecule has 1 N–H and O–H groups in total. The molecule has 0 radical (unpaired) electrons. The van der Waals surface area contributed by atoms with E-state index in [0.717, 1.165) is 31.9 Å². The Morgan fingerprint density at radius 1 is 1.22 bits per heavy atom. The van der Waals surface area contributed by atoms with Crippen molar-refractivity contribution < 1.29 is 4.79 Å². The number of hydrogen-bond donors (Lipinski definition) is 1. The van der Waals surface area contributed by atoms with E-state index < -0.39 is 0 Å². The molecular formula is C17H14N4OS. The molecule has 2 heterocycles. The number of nitrogens with zero attached hydrogens (tertiary/aromatic N) is 3. The Hall–Kier alpha value is -2.73. The molecule has 5 nitrogen and oxygen atoms in total. The minimum Gasteiger partial charge on any atom is -0.324 e. The summed E-state index contributed by atoms with van der Waals surface area (Å²) >= 11 is 1.62. The number of aromatic nitrogens is 3. The number of rotatable bonds is 3. The number of carbonyl (C=O) groups excluding carboxylic acids is 1. The van der Waals surface area contributed by atoms with Gasteiger partial charge in [0.05, 0.1) is 32.6 Å². The van der Waals surface area contributed by atoms with Crippen molar-refractivity contribution in [2.24, 2.45) is 0 Å². The molecule has 0 aliphatic rings. The second kappa shape index (κ2) is 5.48. The van der Waals surface area contributed by atoms with Crippen molar-refractivity contribution in [1.29, 1.82) is 0 Å². The van der Waals surface area contributed by atoms with Gasteiger partial charge in [-0.05, 0) is 37.3 Å². The van der Waals surface area contributed by atoms with E-state index in [-0.39, 0.29) is 12.5 Å². The highest BCUT2D eigenvalue weighted by molar-refractivity contribution is 7.18. The number of para-hydroxylation sites is 2. The maximum absolute atomic E-state index is 12.3. The number of hydrogen-bond acceptors (Lipinski definition) is 4. The average molecular weight is 322 g/mol. The number of fused-ring (bicyclic) bond motifs is 2. The van der Waals surface area contributed by atoms with Crippen molar-refractivity contribution >= 4 is 44.2 Å². The lowest BCUT2D eigenvalue weighted by molar-refractivity contribution is -0.116. The normalized spacial score (nSPS) is 11.2. The highest BCUT2D eigenvalue weighted by Crippen LogP contribution is 2.24. The summed E-state index contributed by atoms with van der Waals surface area (Å²) in [5.41, 5.74) is 3.60. The molecule has 6 heteroatoms. The number of thiazole rings is 1. The smallest absolute Gasteiger partial charge is 0.244 e. The summed E-state index contributed by atoms with van der Waals surface area (Å²) in [5.74, 6) is -0.0752. The maximum atomic E-state index is 12.3. The first-order valence-corrected chi connectivity index (χ1v) is 8.07. The first kappa shape index (κ1) is 13.9. The minimum atomic E-state index is -0.0752. The Morgan fingerprint density at radius 2 is 2.09 bits per heavy atom. The summed E-state index contributed by atoms with van der Waals surface area (Å²) in [6, 6.07) is 13.5.